The first kappa shape index (κ1) is 19.0. The van der Waals surface area contributed by atoms with E-state index in [1.54, 1.807) is 0 Å². The summed E-state index contributed by atoms with van der Waals surface area (Å²) < 4.78 is 5.54. The summed E-state index contributed by atoms with van der Waals surface area (Å²) in [6, 6.07) is 7.81. The number of ether oxygens (including phenoxy) is 1. The molecule has 1 unspecified atom stereocenters. The van der Waals surface area contributed by atoms with Gasteiger partial charge in [-0.3, -0.25) is 14.6 Å². The van der Waals surface area contributed by atoms with Crippen LogP contribution in [0.5, 0.6) is 0 Å². The second-order valence-electron chi connectivity index (χ2n) is 7.53. The number of carbonyl (C=O) groups excluding carboxylic acids is 1. The zero-order chi connectivity index (χ0) is 19.3. The SMILES string of the molecule is Nc1nc(CN2CCN(CC(=O)NCC3CCCO3)CC2)nc2ccccc12. The predicted molar refractivity (Wildman–Crippen MR) is 108 cm³/mol. The molecule has 0 bridgehead atoms. The van der Waals surface area contributed by atoms with Crippen LogP contribution in [-0.2, 0) is 16.1 Å². The average molecular weight is 384 g/mol. The number of fused-ring (bicyclic) bond motifs is 1. The lowest BCUT2D eigenvalue weighted by Crippen LogP contribution is -2.49. The highest BCUT2D eigenvalue weighted by Crippen LogP contribution is 2.18. The Morgan fingerprint density at radius 3 is 2.75 bits per heavy atom. The van der Waals surface area contributed by atoms with Gasteiger partial charge in [-0.15, -0.1) is 0 Å². The van der Waals surface area contributed by atoms with Crippen molar-refractivity contribution >= 4 is 22.6 Å². The molecule has 3 heterocycles. The molecule has 0 aliphatic carbocycles. The highest BCUT2D eigenvalue weighted by molar-refractivity contribution is 5.87. The van der Waals surface area contributed by atoms with E-state index in [0.29, 0.717) is 25.5 Å². The summed E-state index contributed by atoms with van der Waals surface area (Å²) in [5.74, 6) is 1.36. The van der Waals surface area contributed by atoms with E-state index >= 15 is 0 Å². The van der Waals surface area contributed by atoms with Gasteiger partial charge in [0.2, 0.25) is 5.91 Å². The Labute approximate surface area is 165 Å². The van der Waals surface area contributed by atoms with Gasteiger partial charge in [-0.05, 0) is 25.0 Å². The van der Waals surface area contributed by atoms with Gasteiger partial charge in [0.1, 0.15) is 11.6 Å². The molecule has 1 atom stereocenters. The van der Waals surface area contributed by atoms with Crippen molar-refractivity contribution in [1.82, 2.24) is 25.1 Å². The van der Waals surface area contributed by atoms with Crippen LogP contribution in [0.4, 0.5) is 5.82 Å². The molecule has 0 radical (unpaired) electrons. The number of para-hydroxylation sites is 1. The largest absolute Gasteiger partial charge is 0.383 e. The van der Waals surface area contributed by atoms with E-state index in [9.17, 15) is 4.79 Å². The van der Waals surface area contributed by atoms with Gasteiger partial charge in [-0.2, -0.15) is 0 Å². The van der Waals surface area contributed by atoms with Crippen LogP contribution in [-0.4, -0.2) is 77.7 Å². The Hall–Kier alpha value is -2.29. The van der Waals surface area contributed by atoms with Crippen LogP contribution >= 0.6 is 0 Å². The quantitative estimate of drug-likeness (QED) is 0.754. The molecule has 8 nitrogen and oxygen atoms in total. The van der Waals surface area contributed by atoms with E-state index in [2.05, 4.69) is 25.1 Å². The maximum absolute atomic E-state index is 12.1. The molecular formula is C20H28N6O2. The van der Waals surface area contributed by atoms with E-state index < -0.39 is 0 Å². The molecule has 0 spiro atoms. The minimum atomic E-state index is 0.0783. The second kappa shape index (κ2) is 8.81. The van der Waals surface area contributed by atoms with Crippen molar-refractivity contribution in [1.29, 1.82) is 0 Å². The number of hydrogen-bond donors (Lipinski definition) is 2. The predicted octanol–water partition coefficient (Wildman–Crippen LogP) is 0.625. The highest BCUT2D eigenvalue weighted by Gasteiger charge is 2.21. The van der Waals surface area contributed by atoms with Crippen molar-refractivity contribution in [2.75, 3.05) is 51.6 Å². The van der Waals surface area contributed by atoms with Crippen molar-refractivity contribution in [2.24, 2.45) is 0 Å². The lowest BCUT2D eigenvalue weighted by molar-refractivity contribution is -0.123. The second-order valence-corrected chi connectivity index (χ2v) is 7.53. The molecule has 28 heavy (non-hydrogen) atoms. The van der Waals surface area contributed by atoms with Gasteiger partial charge >= 0.3 is 0 Å². The number of anilines is 1. The summed E-state index contributed by atoms with van der Waals surface area (Å²) in [7, 11) is 0. The molecule has 1 aromatic carbocycles. The number of nitrogens with one attached hydrogen (secondary N) is 1. The molecule has 8 heteroatoms. The fourth-order valence-electron chi connectivity index (χ4n) is 3.82. The first-order valence-corrected chi connectivity index (χ1v) is 10.0. The minimum Gasteiger partial charge on any atom is -0.383 e. The van der Waals surface area contributed by atoms with Crippen LogP contribution in [0, 0.1) is 0 Å². The Morgan fingerprint density at radius 2 is 1.96 bits per heavy atom. The molecular weight excluding hydrogens is 356 g/mol. The van der Waals surface area contributed by atoms with Crippen LogP contribution in [0.1, 0.15) is 18.7 Å². The Bertz CT molecular complexity index is 815. The van der Waals surface area contributed by atoms with Gasteiger partial charge in [0.05, 0.1) is 24.7 Å². The molecule has 2 saturated heterocycles. The van der Waals surface area contributed by atoms with Crippen molar-refractivity contribution < 1.29 is 9.53 Å². The van der Waals surface area contributed by atoms with Crippen LogP contribution < -0.4 is 11.1 Å². The summed E-state index contributed by atoms with van der Waals surface area (Å²) in [6.45, 7) is 6.04. The number of piperazine rings is 1. The molecule has 150 valence electrons. The van der Waals surface area contributed by atoms with Crippen molar-refractivity contribution in [3.63, 3.8) is 0 Å². The van der Waals surface area contributed by atoms with E-state index in [-0.39, 0.29) is 12.0 Å². The average Bonchev–Trinajstić information content (AvgIpc) is 3.22. The zero-order valence-electron chi connectivity index (χ0n) is 16.1. The van der Waals surface area contributed by atoms with E-state index in [0.717, 1.165) is 62.4 Å². The number of amides is 1. The maximum atomic E-state index is 12.1. The summed E-state index contributed by atoms with van der Waals surface area (Å²) in [5.41, 5.74) is 6.96. The monoisotopic (exact) mass is 384 g/mol. The summed E-state index contributed by atoms with van der Waals surface area (Å²) in [5, 5.41) is 3.89. The van der Waals surface area contributed by atoms with Crippen LogP contribution in [0.3, 0.4) is 0 Å². The third-order valence-corrected chi connectivity index (χ3v) is 5.43. The Morgan fingerprint density at radius 1 is 1.18 bits per heavy atom. The molecule has 4 rings (SSSR count). The molecule has 2 fully saturated rings. The van der Waals surface area contributed by atoms with Gasteiger partial charge < -0.3 is 15.8 Å². The number of rotatable bonds is 6. The van der Waals surface area contributed by atoms with Crippen LogP contribution in [0.2, 0.25) is 0 Å². The van der Waals surface area contributed by atoms with Crippen LogP contribution in [0.15, 0.2) is 24.3 Å². The van der Waals surface area contributed by atoms with Crippen molar-refractivity contribution in [3.8, 4) is 0 Å². The van der Waals surface area contributed by atoms with Gasteiger partial charge in [0, 0.05) is 44.7 Å². The van der Waals surface area contributed by atoms with Gasteiger partial charge in [-0.25, -0.2) is 9.97 Å². The third-order valence-electron chi connectivity index (χ3n) is 5.43. The minimum absolute atomic E-state index is 0.0783. The number of nitrogen functional groups attached to an aromatic ring is 1. The normalized spacial score (nSPS) is 21.2. The summed E-state index contributed by atoms with van der Waals surface area (Å²) in [4.78, 5) is 25.7. The third kappa shape index (κ3) is 4.76. The molecule has 1 amide bonds. The first-order chi connectivity index (χ1) is 13.7. The van der Waals surface area contributed by atoms with Crippen molar-refractivity contribution in [2.45, 2.75) is 25.5 Å². The van der Waals surface area contributed by atoms with Gasteiger partial charge in [-0.1, -0.05) is 12.1 Å². The first-order valence-electron chi connectivity index (χ1n) is 10.0. The Balaban J connectivity index is 1.23. The topological polar surface area (TPSA) is 96.6 Å². The van der Waals surface area contributed by atoms with Gasteiger partial charge in [0.15, 0.2) is 0 Å². The van der Waals surface area contributed by atoms with E-state index in [1.165, 1.54) is 0 Å². The van der Waals surface area contributed by atoms with E-state index in [4.69, 9.17) is 10.5 Å². The molecule has 3 N–H and O–H groups in total. The molecule has 1 aromatic heterocycles. The number of aromatic nitrogens is 2. The fourth-order valence-corrected chi connectivity index (χ4v) is 3.82. The smallest absolute Gasteiger partial charge is 0.234 e. The number of hydrogen-bond acceptors (Lipinski definition) is 7. The number of nitrogens with zero attached hydrogens (tertiary/aromatic N) is 4. The lowest BCUT2D eigenvalue weighted by atomic mass is 10.2. The van der Waals surface area contributed by atoms with Crippen LogP contribution in [0.25, 0.3) is 10.9 Å². The summed E-state index contributed by atoms with van der Waals surface area (Å²) in [6.07, 6.45) is 2.32. The summed E-state index contributed by atoms with van der Waals surface area (Å²) >= 11 is 0. The molecule has 2 aliphatic heterocycles. The number of benzene rings is 1. The maximum Gasteiger partial charge on any atom is 0.234 e. The van der Waals surface area contributed by atoms with E-state index in [1.807, 2.05) is 24.3 Å². The number of carbonyl (C=O) groups is 1. The van der Waals surface area contributed by atoms with Gasteiger partial charge in [0.25, 0.3) is 0 Å². The lowest BCUT2D eigenvalue weighted by Gasteiger charge is -2.33. The standard InChI is InChI=1S/C20H28N6O2/c21-20-16-5-1-2-6-17(16)23-18(24-20)13-25-7-9-26(10-8-25)14-19(27)22-12-15-4-3-11-28-15/h1-2,5-6,15H,3-4,7-14H2,(H,22,27)(H2,21,23,24). The van der Waals surface area contributed by atoms with Crippen molar-refractivity contribution in [3.05, 3.63) is 30.1 Å². The molecule has 2 aliphatic rings. The zero-order valence-corrected chi connectivity index (χ0v) is 16.1. The fraction of sp³-hybridized carbons (Fsp3) is 0.550. The highest BCUT2D eigenvalue weighted by atomic mass is 16.5. The molecule has 0 saturated carbocycles. The Kier molecular flexibility index (Phi) is 5.99. The molecule has 2 aromatic rings. The number of nitrogens with two attached hydrogens (primary N) is 1.